The first-order valence-electron chi connectivity index (χ1n) is 7.47. The molecular weight excluding hydrogens is 286 g/mol. The Morgan fingerprint density at radius 1 is 1.27 bits per heavy atom. The summed E-state index contributed by atoms with van der Waals surface area (Å²) in [4.78, 5) is 35.1. The molecule has 3 N–H and O–H groups in total. The van der Waals surface area contributed by atoms with Crippen LogP contribution < -0.4 is 15.5 Å². The molecule has 0 saturated carbocycles. The SMILES string of the molecule is Nc1cc(N2CCCCC2)nc(N2CC(C(=O)O)CC2=O)n1. The van der Waals surface area contributed by atoms with Crippen LogP contribution in [0.2, 0.25) is 0 Å². The van der Waals surface area contributed by atoms with Gasteiger partial charge in [-0.05, 0) is 19.3 Å². The molecule has 0 spiro atoms. The third-order valence-electron chi connectivity index (χ3n) is 4.12. The maximum Gasteiger partial charge on any atom is 0.308 e. The molecule has 0 aliphatic carbocycles. The molecule has 0 bridgehead atoms. The number of nitrogens with zero attached hydrogens (tertiary/aromatic N) is 4. The molecule has 8 nitrogen and oxygen atoms in total. The van der Waals surface area contributed by atoms with Crippen molar-refractivity contribution in [3.8, 4) is 0 Å². The molecule has 2 aliphatic rings. The second-order valence-electron chi connectivity index (χ2n) is 5.74. The van der Waals surface area contributed by atoms with E-state index in [1.54, 1.807) is 6.07 Å². The molecule has 1 atom stereocenters. The van der Waals surface area contributed by atoms with Crippen LogP contribution in [0.15, 0.2) is 6.07 Å². The van der Waals surface area contributed by atoms with Gasteiger partial charge in [-0.3, -0.25) is 14.5 Å². The van der Waals surface area contributed by atoms with Crippen LogP contribution in [0.3, 0.4) is 0 Å². The molecule has 0 radical (unpaired) electrons. The van der Waals surface area contributed by atoms with Crippen molar-refractivity contribution < 1.29 is 14.7 Å². The quantitative estimate of drug-likeness (QED) is 0.835. The van der Waals surface area contributed by atoms with Gasteiger partial charge in [0.15, 0.2) is 0 Å². The van der Waals surface area contributed by atoms with Gasteiger partial charge in [-0.1, -0.05) is 0 Å². The predicted octanol–water partition coefficient (Wildman–Crippen LogP) is 0.487. The molecule has 2 aliphatic heterocycles. The molecule has 1 unspecified atom stereocenters. The summed E-state index contributed by atoms with van der Waals surface area (Å²) in [6.07, 6.45) is 3.38. The van der Waals surface area contributed by atoms with Gasteiger partial charge in [0.2, 0.25) is 11.9 Å². The second kappa shape index (κ2) is 5.78. The van der Waals surface area contributed by atoms with Crippen LogP contribution in [0.4, 0.5) is 17.6 Å². The van der Waals surface area contributed by atoms with Gasteiger partial charge >= 0.3 is 5.97 Å². The van der Waals surface area contributed by atoms with E-state index in [9.17, 15) is 9.59 Å². The van der Waals surface area contributed by atoms with Crippen molar-refractivity contribution in [3.63, 3.8) is 0 Å². The average Bonchev–Trinajstić information content (AvgIpc) is 2.90. The van der Waals surface area contributed by atoms with Crippen molar-refractivity contribution in [2.24, 2.45) is 5.92 Å². The topological polar surface area (TPSA) is 113 Å². The fraction of sp³-hybridized carbons (Fsp3) is 0.571. The van der Waals surface area contributed by atoms with Gasteiger partial charge in [-0.15, -0.1) is 0 Å². The van der Waals surface area contributed by atoms with Gasteiger partial charge in [0.25, 0.3) is 0 Å². The van der Waals surface area contributed by atoms with Gasteiger partial charge in [0, 0.05) is 32.1 Å². The van der Waals surface area contributed by atoms with Crippen molar-refractivity contribution in [3.05, 3.63) is 6.07 Å². The highest BCUT2D eigenvalue weighted by Crippen LogP contribution is 2.26. The van der Waals surface area contributed by atoms with Gasteiger partial charge in [0.05, 0.1) is 5.92 Å². The van der Waals surface area contributed by atoms with Crippen molar-refractivity contribution in [2.45, 2.75) is 25.7 Å². The zero-order valence-corrected chi connectivity index (χ0v) is 12.2. The molecule has 0 aromatic carbocycles. The molecule has 118 valence electrons. The van der Waals surface area contributed by atoms with Crippen LogP contribution in [0.5, 0.6) is 0 Å². The summed E-state index contributed by atoms with van der Waals surface area (Å²) in [6, 6.07) is 1.70. The van der Waals surface area contributed by atoms with Crippen LogP contribution in [-0.2, 0) is 9.59 Å². The highest BCUT2D eigenvalue weighted by Gasteiger charge is 2.36. The summed E-state index contributed by atoms with van der Waals surface area (Å²) in [7, 11) is 0. The number of carboxylic acid groups (broad SMARTS) is 1. The number of nitrogen functional groups attached to an aromatic ring is 1. The first kappa shape index (κ1) is 14.6. The highest BCUT2D eigenvalue weighted by atomic mass is 16.4. The Kier molecular flexibility index (Phi) is 3.82. The molecule has 1 amide bonds. The maximum atomic E-state index is 12.0. The minimum Gasteiger partial charge on any atom is -0.481 e. The van der Waals surface area contributed by atoms with Crippen LogP contribution in [-0.4, -0.2) is 46.6 Å². The summed E-state index contributed by atoms with van der Waals surface area (Å²) in [5.41, 5.74) is 5.84. The summed E-state index contributed by atoms with van der Waals surface area (Å²) in [5, 5.41) is 9.06. The number of nitrogens with two attached hydrogens (primary N) is 1. The fourth-order valence-electron chi connectivity index (χ4n) is 2.91. The fourth-order valence-corrected chi connectivity index (χ4v) is 2.91. The Bertz CT molecular complexity index is 600. The van der Waals surface area contributed by atoms with Gasteiger partial charge in [-0.2, -0.15) is 9.97 Å². The number of piperidine rings is 1. The number of carbonyl (C=O) groups is 2. The number of carboxylic acids is 1. The second-order valence-corrected chi connectivity index (χ2v) is 5.74. The Labute approximate surface area is 127 Å². The Morgan fingerprint density at radius 3 is 2.64 bits per heavy atom. The number of hydrogen-bond acceptors (Lipinski definition) is 6. The van der Waals surface area contributed by atoms with Crippen LogP contribution in [0.25, 0.3) is 0 Å². The predicted molar refractivity (Wildman–Crippen MR) is 80.6 cm³/mol. The van der Waals surface area contributed by atoms with Crippen LogP contribution >= 0.6 is 0 Å². The van der Waals surface area contributed by atoms with E-state index < -0.39 is 11.9 Å². The minimum absolute atomic E-state index is 0.0213. The third kappa shape index (κ3) is 2.81. The van der Waals surface area contributed by atoms with Gasteiger partial charge < -0.3 is 15.7 Å². The van der Waals surface area contributed by atoms with E-state index in [0.29, 0.717) is 5.82 Å². The standard InChI is InChI=1S/C14H19N5O3/c15-10-7-11(18-4-2-1-3-5-18)17-14(16-10)19-8-9(13(21)22)6-12(19)20/h7,9H,1-6,8H2,(H,21,22)(H2,15,16,17). The van der Waals surface area contributed by atoms with E-state index in [1.807, 2.05) is 0 Å². The Balaban J connectivity index is 1.86. The minimum atomic E-state index is -0.976. The molecule has 1 aromatic heterocycles. The molecule has 3 rings (SSSR count). The number of rotatable bonds is 3. The van der Waals surface area contributed by atoms with Gasteiger partial charge in [0.1, 0.15) is 11.6 Å². The Morgan fingerprint density at radius 2 is 2.00 bits per heavy atom. The van der Waals surface area contributed by atoms with E-state index in [1.165, 1.54) is 11.3 Å². The maximum absolute atomic E-state index is 12.0. The van der Waals surface area contributed by atoms with E-state index in [-0.39, 0.29) is 30.6 Å². The smallest absolute Gasteiger partial charge is 0.308 e. The molecule has 22 heavy (non-hydrogen) atoms. The summed E-state index contributed by atoms with van der Waals surface area (Å²) in [5.74, 6) is -0.769. The highest BCUT2D eigenvalue weighted by molar-refractivity contribution is 5.98. The van der Waals surface area contributed by atoms with Gasteiger partial charge in [-0.25, -0.2) is 0 Å². The number of anilines is 3. The zero-order valence-electron chi connectivity index (χ0n) is 12.2. The van der Waals surface area contributed by atoms with Crippen LogP contribution in [0.1, 0.15) is 25.7 Å². The van der Waals surface area contributed by atoms with Crippen molar-refractivity contribution >= 4 is 29.5 Å². The molecule has 2 saturated heterocycles. The number of carbonyl (C=O) groups excluding carboxylic acids is 1. The molecule has 1 aromatic rings. The average molecular weight is 305 g/mol. The largest absolute Gasteiger partial charge is 0.481 e. The molecule has 2 fully saturated rings. The van der Waals surface area contributed by atoms with Crippen LogP contribution in [0, 0.1) is 5.92 Å². The lowest BCUT2D eigenvalue weighted by atomic mass is 10.1. The Hall–Kier alpha value is -2.38. The molecule has 8 heteroatoms. The number of aliphatic carboxylic acids is 1. The third-order valence-corrected chi connectivity index (χ3v) is 4.12. The zero-order chi connectivity index (χ0) is 15.7. The lowest BCUT2D eigenvalue weighted by Gasteiger charge is -2.28. The molecule has 3 heterocycles. The van der Waals surface area contributed by atoms with Crippen molar-refractivity contribution in [2.75, 3.05) is 35.2 Å². The lowest BCUT2D eigenvalue weighted by Crippen LogP contribution is -2.32. The van der Waals surface area contributed by atoms with E-state index in [2.05, 4.69) is 14.9 Å². The number of amides is 1. The number of aromatic nitrogens is 2. The molecular formula is C14H19N5O3. The first-order chi connectivity index (χ1) is 10.5. The van der Waals surface area contributed by atoms with E-state index >= 15 is 0 Å². The van der Waals surface area contributed by atoms with E-state index in [4.69, 9.17) is 10.8 Å². The normalized spacial score (nSPS) is 22.2. The lowest BCUT2D eigenvalue weighted by molar-refractivity contribution is -0.141. The monoisotopic (exact) mass is 305 g/mol. The summed E-state index contributed by atoms with van der Waals surface area (Å²) < 4.78 is 0. The summed E-state index contributed by atoms with van der Waals surface area (Å²) in [6.45, 7) is 1.90. The van der Waals surface area contributed by atoms with Crippen molar-refractivity contribution in [1.82, 2.24) is 9.97 Å². The number of hydrogen-bond donors (Lipinski definition) is 2. The van der Waals surface area contributed by atoms with E-state index in [0.717, 1.165) is 25.9 Å². The van der Waals surface area contributed by atoms with Crippen molar-refractivity contribution in [1.29, 1.82) is 0 Å². The first-order valence-corrected chi connectivity index (χ1v) is 7.47. The summed E-state index contributed by atoms with van der Waals surface area (Å²) >= 11 is 0.